The van der Waals surface area contributed by atoms with E-state index in [-0.39, 0.29) is 0 Å². The zero-order valence-corrected chi connectivity index (χ0v) is 12.1. The number of benzene rings is 1. The van der Waals surface area contributed by atoms with Gasteiger partial charge in [0.1, 0.15) is 29.6 Å². The molecule has 0 aromatic heterocycles. The molecule has 1 fully saturated rings. The van der Waals surface area contributed by atoms with Gasteiger partial charge in [0.2, 0.25) is 0 Å². The zero-order chi connectivity index (χ0) is 14.4. The van der Waals surface area contributed by atoms with Crippen LogP contribution in [0.25, 0.3) is 0 Å². The van der Waals surface area contributed by atoms with Crippen molar-refractivity contribution in [2.75, 3.05) is 40.5 Å². The highest BCUT2D eigenvalue weighted by atomic mass is 16.5. The normalized spacial score (nSPS) is 16.0. The molecule has 0 saturated carbocycles. The quantitative estimate of drug-likeness (QED) is 0.794. The molecule has 0 unspecified atom stereocenters. The molecular formula is C15H21NO4. The van der Waals surface area contributed by atoms with E-state index in [1.165, 1.54) is 0 Å². The summed E-state index contributed by atoms with van der Waals surface area (Å²) in [4.78, 5) is 13.4. The van der Waals surface area contributed by atoms with Crippen molar-refractivity contribution < 1.29 is 19.0 Å². The zero-order valence-electron chi connectivity index (χ0n) is 12.1. The Bertz CT molecular complexity index is 429. The average molecular weight is 279 g/mol. The topological polar surface area (TPSA) is 48.0 Å². The van der Waals surface area contributed by atoms with Crippen LogP contribution in [0, 0.1) is 0 Å². The van der Waals surface area contributed by atoms with Gasteiger partial charge in [0.05, 0.1) is 14.2 Å². The number of ether oxygens (including phenoxy) is 3. The number of Topliss-reactive ketones (excluding diaryl/α,β-unsaturated/α-hetero) is 1. The molecule has 1 aromatic rings. The summed E-state index contributed by atoms with van der Waals surface area (Å²) in [7, 11) is 3.23. The Morgan fingerprint density at radius 2 is 1.55 bits per heavy atom. The molecule has 1 heterocycles. The fraction of sp³-hybridized carbons (Fsp3) is 0.533. The average Bonchev–Trinajstić information content (AvgIpc) is 2.49. The molecule has 1 aliphatic heterocycles. The summed E-state index contributed by atoms with van der Waals surface area (Å²) in [5, 5.41) is 0. The predicted molar refractivity (Wildman–Crippen MR) is 75.7 cm³/mol. The predicted octanol–water partition coefficient (Wildman–Crippen LogP) is 1.75. The molecule has 0 atom stereocenters. The van der Waals surface area contributed by atoms with E-state index in [4.69, 9.17) is 14.2 Å². The van der Waals surface area contributed by atoms with Crippen molar-refractivity contribution >= 4 is 5.78 Å². The summed E-state index contributed by atoms with van der Waals surface area (Å²) in [6.45, 7) is 3.09. The van der Waals surface area contributed by atoms with Crippen molar-refractivity contribution in [3.05, 3.63) is 18.2 Å². The van der Waals surface area contributed by atoms with E-state index in [0.29, 0.717) is 36.7 Å². The third kappa shape index (κ3) is 4.13. The van der Waals surface area contributed by atoms with Crippen LogP contribution in [0.4, 0.5) is 0 Å². The molecule has 5 heteroatoms. The van der Waals surface area contributed by atoms with Crippen molar-refractivity contribution in [2.45, 2.75) is 12.8 Å². The summed E-state index contributed by atoms with van der Waals surface area (Å²) in [6, 6.07) is 5.48. The lowest BCUT2D eigenvalue weighted by Gasteiger charge is -2.25. The number of nitrogens with zero attached hydrogens (tertiary/aromatic N) is 1. The van der Waals surface area contributed by atoms with Gasteiger partial charge in [-0.15, -0.1) is 0 Å². The fourth-order valence-electron chi connectivity index (χ4n) is 2.18. The first-order valence-electron chi connectivity index (χ1n) is 6.81. The van der Waals surface area contributed by atoms with Gasteiger partial charge < -0.3 is 14.2 Å². The summed E-state index contributed by atoms with van der Waals surface area (Å²) < 4.78 is 16.1. The van der Waals surface area contributed by atoms with Crippen LogP contribution < -0.4 is 14.2 Å². The van der Waals surface area contributed by atoms with E-state index >= 15 is 0 Å². The smallest absolute Gasteiger partial charge is 0.135 e. The van der Waals surface area contributed by atoms with Crippen LogP contribution in [0.1, 0.15) is 12.8 Å². The molecule has 1 aromatic carbocycles. The van der Waals surface area contributed by atoms with Crippen LogP contribution in [-0.4, -0.2) is 51.1 Å². The Balaban J connectivity index is 1.82. The molecule has 0 amide bonds. The van der Waals surface area contributed by atoms with E-state index in [1.54, 1.807) is 14.2 Å². The Morgan fingerprint density at radius 1 is 1.00 bits per heavy atom. The van der Waals surface area contributed by atoms with E-state index < -0.39 is 0 Å². The molecule has 1 saturated heterocycles. The minimum atomic E-state index is 0.361. The molecule has 110 valence electrons. The summed E-state index contributed by atoms with van der Waals surface area (Å²) in [5.74, 6) is 2.51. The van der Waals surface area contributed by atoms with Crippen LogP contribution >= 0.6 is 0 Å². The third-order valence-corrected chi connectivity index (χ3v) is 3.41. The number of piperidine rings is 1. The second-order valence-corrected chi connectivity index (χ2v) is 4.78. The summed E-state index contributed by atoms with van der Waals surface area (Å²) in [5.41, 5.74) is 0. The maximum Gasteiger partial charge on any atom is 0.135 e. The highest BCUT2D eigenvalue weighted by molar-refractivity contribution is 5.79. The molecule has 0 aliphatic carbocycles. The molecular weight excluding hydrogens is 258 g/mol. The van der Waals surface area contributed by atoms with Crippen LogP contribution in [0.2, 0.25) is 0 Å². The first kappa shape index (κ1) is 14.7. The standard InChI is InChI=1S/C15H21NO4/c1-18-13-9-14(19-2)11-15(10-13)20-8-7-16-5-3-12(17)4-6-16/h9-11H,3-8H2,1-2H3. The number of rotatable bonds is 6. The highest BCUT2D eigenvalue weighted by Gasteiger charge is 2.15. The van der Waals surface area contributed by atoms with Gasteiger partial charge in [-0.25, -0.2) is 0 Å². The van der Waals surface area contributed by atoms with Crippen LogP contribution in [0.15, 0.2) is 18.2 Å². The van der Waals surface area contributed by atoms with E-state index in [1.807, 2.05) is 18.2 Å². The summed E-state index contributed by atoms with van der Waals surface area (Å²) >= 11 is 0. The number of ketones is 1. The maximum absolute atomic E-state index is 11.2. The van der Waals surface area contributed by atoms with Gasteiger partial charge in [-0.1, -0.05) is 0 Å². The largest absolute Gasteiger partial charge is 0.496 e. The first-order chi connectivity index (χ1) is 9.71. The van der Waals surface area contributed by atoms with Crippen molar-refractivity contribution in [1.82, 2.24) is 4.90 Å². The van der Waals surface area contributed by atoms with Crippen molar-refractivity contribution in [1.29, 1.82) is 0 Å². The van der Waals surface area contributed by atoms with Gasteiger partial charge in [-0.05, 0) is 0 Å². The number of carbonyl (C=O) groups excluding carboxylic acids is 1. The molecule has 0 radical (unpaired) electrons. The minimum Gasteiger partial charge on any atom is -0.496 e. The number of likely N-dealkylation sites (tertiary alicyclic amines) is 1. The van der Waals surface area contributed by atoms with E-state index in [2.05, 4.69) is 4.90 Å². The van der Waals surface area contributed by atoms with Crippen molar-refractivity contribution in [3.63, 3.8) is 0 Å². The van der Waals surface area contributed by atoms with Crippen molar-refractivity contribution in [2.24, 2.45) is 0 Å². The number of carbonyl (C=O) groups is 1. The lowest BCUT2D eigenvalue weighted by atomic mass is 10.1. The van der Waals surface area contributed by atoms with Gasteiger partial charge >= 0.3 is 0 Å². The fourth-order valence-corrected chi connectivity index (χ4v) is 2.18. The second-order valence-electron chi connectivity index (χ2n) is 4.78. The minimum absolute atomic E-state index is 0.361. The van der Waals surface area contributed by atoms with E-state index in [9.17, 15) is 4.79 Å². The maximum atomic E-state index is 11.2. The lowest BCUT2D eigenvalue weighted by Crippen LogP contribution is -2.36. The second kappa shape index (κ2) is 7.14. The van der Waals surface area contributed by atoms with Crippen LogP contribution in [0.3, 0.4) is 0 Å². The van der Waals surface area contributed by atoms with Crippen LogP contribution in [0.5, 0.6) is 17.2 Å². The van der Waals surface area contributed by atoms with Crippen LogP contribution in [-0.2, 0) is 4.79 Å². The van der Waals surface area contributed by atoms with Gasteiger partial charge in [0.15, 0.2) is 0 Å². The lowest BCUT2D eigenvalue weighted by molar-refractivity contribution is -0.121. The van der Waals surface area contributed by atoms with Gasteiger partial charge in [-0.3, -0.25) is 9.69 Å². The number of hydrogen-bond donors (Lipinski definition) is 0. The third-order valence-electron chi connectivity index (χ3n) is 3.41. The molecule has 1 aliphatic rings. The monoisotopic (exact) mass is 279 g/mol. The Kier molecular flexibility index (Phi) is 5.24. The molecule has 0 spiro atoms. The number of methoxy groups -OCH3 is 2. The molecule has 0 bridgehead atoms. The van der Waals surface area contributed by atoms with Gasteiger partial charge in [0, 0.05) is 50.7 Å². The van der Waals surface area contributed by atoms with E-state index in [0.717, 1.165) is 25.4 Å². The van der Waals surface area contributed by atoms with Crippen molar-refractivity contribution in [3.8, 4) is 17.2 Å². The highest BCUT2D eigenvalue weighted by Crippen LogP contribution is 2.27. The van der Waals surface area contributed by atoms with Gasteiger partial charge in [-0.2, -0.15) is 0 Å². The van der Waals surface area contributed by atoms with Gasteiger partial charge in [0.25, 0.3) is 0 Å². The Morgan fingerprint density at radius 3 is 2.10 bits per heavy atom. The first-order valence-corrected chi connectivity index (χ1v) is 6.81. The molecule has 5 nitrogen and oxygen atoms in total. The summed E-state index contributed by atoms with van der Waals surface area (Å²) in [6.07, 6.45) is 1.32. The molecule has 2 rings (SSSR count). The SMILES string of the molecule is COc1cc(OC)cc(OCCN2CCC(=O)CC2)c1. The Labute approximate surface area is 119 Å². The molecule has 0 N–H and O–H groups in total. The number of hydrogen-bond acceptors (Lipinski definition) is 5. The molecule has 20 heavy (non-hydrogen) atoms. The Hall–Kier alpha value is -1.75.